The van der Waals surface area contributed by atoms with Gasteiger partial charge in [0.2, 0.25) is 0 Å². The summed E-state index contributed by atoms with van der Waals surface area (Å²) in [5, 5.41) is 35.2. The topological polar surface area (TPSA) is 136 Å². The lowest BCUT2D eigenvalue weighted by atomic mass is 10.3. The molecular formula is C25H56O10S2. The molecule has 6 unspecified atom stereocenters. The minimum Gasteiger partial charge on any atom is -0.394 e. The van der Waals surface area contributed by atoms with Crippen molar-refractivity contribution >= 4 is 23.5 Å². The quantitative estimate of drug-likeness (QED) is 0.110. The standard InChI is InChI=1S/2C9H20O3S.C7H16O4/c2*1-4-8(6-10)12-9(11-3)7-13-5-2;1-3-6(4-8)11-7(5-9)10-2/h2*8-10H,4-7H2,1-3H3;6-9H,3-5H2,1-2H3/i2T;;. The maximum Gasteiger partial charge on any atom is 0.180 e. The highest BCUT2D eigenvalue weighted by Gasteiger charge is 2.14. The van der Waals surface area contributed by atoms with Gasteiger partial charge in [0, 0.05) is 34.2 Å². The molecule has 0 aromatic heterocycles. The van der Waals surface area contributed by atoms with Crippen molar-refractivity contribution in [2.24, 2.45) is 0 Å². The molecule has 37 heavy (non-hydrogen) atoms. The van der Waals surface area contributed by atoms with Crippen LogP contribution in [-0.2, 0) is 28.4 Å². The molecule has 0 radical (unpaired) electrons. The van der Waals surface area contributed by atoms with Gasteiger partial charge in [-0.3, -0.25) is 0 Å². The van der Waals surface area contributed by atoms with Gasteiger partial charge in [-0.05, 0) is 30.8 Å². The van der Waals surface area contributed by atoms with Crippen LogP contribution < -0.4 is 0 Å². The Bertz CT molecular complexity index is 421. The number of ether oxygens (including phenoxy) is 6. The fourth-order valence-corrected chi connectivity index (χ4v) is 3.56. The van der Waals surface area contributed by atoms with Gasteiger partial charge in [0.1, 0.15) is 0 Å². The van der Waals surface area contributed by atoms with Crippen molar-refractivity contribution in [3.05, 3.63) is 0 Å². The third-order valence-electron chi connectivity index (χ3n) is 4.80. The SMILES string of the molecule is CCC(CO)OC(CO)OC.CCSCC(OC)OC(CC)CO.[3H]CCSCC(OC)OC(CC)CO. The first-order valence-corrected chi connectivity index (χ1v) is 15.1. The molecule has 0 fully saturated rings. The average Bonchev–Trinajstić information content (AvgIpc) is 2.96. The van der Waals surface area contributed by atoms with E-state index in [1.807, 2.05) is 20.8 Å². The number of aliphatic hydroxyl groups is 4. The molecule has 228 valence electrons. The van der Waals surface area contributed by atoms with E-state index in [1.54, 1.807) is 37.7 Å². The number of hydrogen-bond acceptors (Lipinski definition) is 12. The molecule has 10 nitrogen and oxygen atoms in total. The molecule has 0 aromatic carbocycles. The second-order valence-electron chi connectivity index (χ2n) is 7.46. The normalized spacial score (nSPS) is 16.2. The fraction of sp³-hybridized carbons (Fsp3) is 1.00. The molecular weight excluding hydrogens is 524 g/mol. The molecule has 0 aromatic rings. The molecule has 0 saturated heterocycles. The van der Waals surface area contributed by atoms with Crippen LogP contribution in [0.5, 0.6) is 0 Å². The molecule has 0 amide bonds. The molecule has 6 atom stereocenters. The first-order valence-electron chi connectivity index (χ1n) is 13.5. The molecule has 0 bridgehead atoms. The summed E-state index contributed by atoms with van der Waals surface area (Å²) in [5.41, 5.74) is 0. The zero-order valence-corrected chi connectivity index (χ0v) is 25.6. The van der Waals surface area contributed by atoms with Gasteiger partial charge in [-0.15, -0.1) is 0 Å². The van der Waals surface area contributed by atoms with Gasteiger partial charge < -0.3 is 48.8 Å². The third-order valence-corrected chi connectivity index (χ3v) is 6.52. The van der Waals surface area contributed by atoms with E-state index in [-0.39, 0.29) is 57.3 Å². The molecule has 0 aliphatic carbocycles. The zero-order chi connectivity index (χ0) is 29.6. The lowest BCUT2D eigenvalue weighted by Gasteiger charge is -2.21. The van der Waals surface area contributed by atoms with E-state index in [2.05, 4.69) is 6.92 Å². The van der Waals surface area contributed by atoms with Crippen LogP contribution in [0.2, 0.25) is 0 Å². The molecule has 0 aliphatic rings. The van der Waals surface area contributed by atoms with Gasteiger partial charge >= 0.3 is 0 Å². The Hall–Kier alpha value is 0.300. The number of methoxy groups -OCH3 is 3. The smallest absolute Gasteiger partial charge is 0.180 e. The van der Waals surface area contributed by atoms with E-state index in [4.69, 9.17) is 50.2 Å². The van der Waals surface area contributed by atoms with Crippen molar-refractivity contribution < 1.29 is 50.2 Å². The zero-order valence-electron chi connectivity index (χ0n) is 25.0. The molecule has 4 N–H and O–H groups in total. The van der Waals surface area contributed by atoms with E-state index >= 15 is 0 Å². The summed E-state index contributed by atoms with van der Waals surface area (Å²) in [5.74, 6) is 3.38. The van der Waals surface area contributed by atoms with Gasteiger partial charge in [-0.25, -0.2) is 0 Å². The van der Waals surface area contributed by atoms with Crippen molar-refractivity contribution in [2.75, 3.05) is 70.8 Å². The Morgan fingerprint density at radius 3 is 1.16 bits per heavy atom. The Morgan fingerprint density at radius 1 is 0.568 bits per heavy atom. The summed E-state index contributed by atoms with van der Waals surface area (Å²) in [4.78, 5) is 0. The van der Waals surface area contributed by atoms with Crippen LogP contribution in [0.25, 0.3) is 0 Å². The second-order valence-corrected chi connectivity index (χ2v) is 9.93. The number of rotatable bonds is 22. The third kappa shape index (κ3) is 26.3. The maximum absolute atomic E-state index is 8.92. The molecule has 12 heteroatoms. The summed E-state index contributed by atoms with van der Waals surface area (Å²) in [6.45, 7) is 8.21. The first-order chi connectivity index (χ1) is 18.3. The maximum atomic E-state index is 8.92. The Labute approximate surface area is 235 Å². The van der Waals surface area contributed by atoms with Crippen LogP contribution in [0.15, 0.2) is 0 Å². The van der Waals surface area contributed by atoms with Gasteiger partial charge in [0.05, 0.1) is 44.7 Å². The van der Waals surface area contributed by atoms with Crippen LogP contribution in [0, 0.1) is 0 Å². The monoisotopic (exact) mass is 582 g/mol. The van der Waals surface area contributed by atoms with Crippen molar-refractivity contribution in [3.63, 3.8) is 0 Å². The second kappa shape index (κ2) is 32.5. The average molecular weight is 583 g/mol. The van der Waals surface area contributed by atoms with Crippen molar-refractivity contribution in [2.45, 2.75) is 91.0 Å². The van der Waals surface area contributed by atoms with Crippen LogP contribution in [0.3, 0.4) is 0 Å². The lowest BCUT2D eigenvalue weighted by molar-refractivity contribution is -0.181. The Balaban J connectivity index is -0.000000487. The largest absolute Gasteiger partial charge is 0.394 e. The van der Waals surface area contributed by atoms with E-state index in [0.717, 1.165) is 30.1 Å². The minimum atomic E-state index is -0.618. The van der Waals surface area contributed by atoms with Gasteiger partial charge in [-0.1, -0.05) is 34.6 Å². The molecule has 0 rings (SSSR count). The van der Waals surface area contributed by atoms with Gasteiger partial charge in [0.25, 0.3) is 0 Å². The molecule has 0 spiro atoms. The number of aliphatic hydroxyl groups excluding tert-OH is 4. The number of hydrogen-bond donors (Lipinski definition) is 4. The first kappa shape index (κ1) is 39.4. The highest BCUT2D eigenvalue weighted by atomic mass is 32.2. The van der Waals surface area contributed by atoms with E-state index in [9.17, 15) is 0 Å². The van der Waals surface area contributed by atoms with Crippen LogP contribution in [0.1, 0.15) is 55.2 Å². The van der Waals surface area contributed by atoms with E-state index in [1.165, 1.54) is 7.11 Å². The molecule has 0 heterocycles. The van der Waals surface area contributed by atoms with E-state index < -0.39 is 6.29 Å². The molecule has 0 aliphatic heterocycles. The van der Waals surface area contributed by atoms with Crippen LogP contribution in [-0.4, -0.2) is 128 Å². The summed E-state index contributed by atoms with van der Waals surface area (Å²) in [7, 11) is 4.67. The van der Waals surface area contributed by atoms with Crippen molar-refractivity contribution in [3.8, 4) is 0 Å². The van der Waals surface area contributed by atoms with Crippen molar-refractivity contribution in [1.82, 2.24) is 0 Å². The summed E-state index contributed by atoms with van der Waals surface area (Å²) < 4.78 is 38.1. The minimum absolute atomic E-state index is 0.0273. The van der Waals surface area contributed by atoms with Crippen molar-refractivity contribution in [1.29, 1.82) is 0 Å². The Morgan fingerprint density at radius 2 is 0.919 bits per heavy atom. The van der Waals surface area contributed by atoms with Gasteiger partial charge in [-0.2, -0.15) is 23.5 Å². The fourth-order valence-electron chi connectivity index (χ4n) is 2.34. The summed E-state index contributed by atoms with van der Waals surface area (Å²) >= 11 is 3.40. The lowest BCUT2D eigenvalue weighted by Crippen LogP contribution is -2.28. The summed E-state index contributed by atoms with van der Waals surface area (Å²) in [6.07, 6.45) is 0.729. The van der Waals surface area contributed by atoms with Gasteiger partial charge in [0.15, 0.2) is 18.9 Å². The van der Waals surface area contributed by atoms with E-state index in [0.29, 0.717) is 19.1 Å². The van der Waals surface area contributed by atoms with Crippen LogP contribution in [0.4, 0.5) is 0 Å². The predicted octanol–water partition coefficient (Wildman–Crippen LogP) is 2.74. The predicted molar refractivity (Wildman–Crippen MR) is 152 cm³/mol. The number of thioether (sulfide) groups is 2. The highest BCUT2D eigenvalue weighted by Crippen LogP contribution is 2.11. The van der Waals surface area contributed by atoms with Crippen LogP contribution >= 0.6 is 23.5 Å². The molecule has 0 saturated carbocycles. The Kier molecular flexibility index (Phi) is 34.7. The summed E-state index contributed by atoms with van der Waals surface area (Å²) in [6, 6.07) is 0. The highest BCUT2D eigenvalue weighted by molar-refractivity contribution is 7.99.